The van der Waals surface area contributed by atoms with Gasteiger partial charge < -0.3 is 24.7 Å². The molecule has 2 amide bonds. The first-order valence-electron chi connectivity index (χ1n) is 12.4. The van der Waals surface area contributed by atoms with E-state index in [-0.39, 0.29) is 23.8 Å². The van der Waals surface area contributed by atoms with Crippen molar-refractivity contribution < 1.29 is 29.3 Å². The van der Waals surface area contributed by atoms with Crippen LogP contribution in [0.3, 0.4) is 0 Å². The van der Waals surface area contributed by atoms with Crippen LogP contribution in [0.15, 0.2) is 12.7 Å². The van der Waals surface area contributed by atoms with Gasteiger partial charge in [0.1, 0.15) is 11.6 Å². The number of ether oxygens (including phenoxy) is 1. The standard InChI is InChI=1S/C26H42N2O6/c1-9-12-27(25(7,8)14-24(4,5)6)22(31)20-26-11-10-17(34-26)18(23(32)33)19(26)21(30)28(20)16(13-29)15(2)3/h9,15-20,29H,1,10-14H2,2-8H3,(H,32,33)/t16-,17-,18+,19-,20?,26?/m0/s1. The van der Waals surface area contributed by atoms with E-state index in [9.17, 15) is 24.6 Å². The molecule has 3 aliphatic rings. The van der Waals surface area contributed by atoms with Gasteiger partial charge in [0.15, 0.2) is 0 Å². The Bertz CT molecular complexity index is 847. The normalized spacial score (nSPS) is 31.7. The van der Waals surface area contributed by atoms with Gasteiger partial charge in [-0.25, -0.2) is 0 Å². The Morgan fingerprint density at radius 1 is 1.29 bits per heavy atom. The van der Waals surface area contributed by atoms with E-state index in [2.05, 4.69) is 27.4 Å². The lowest BCUT2D eigenvalue weighted by molar-refractivity contribution is -0.157. The zero-order valence-electron chi connectivity index (χ0n) is 21.7. The summed E-state index contributed by atoms with van der Waals surface area (Å²) in [7, 11) is 0. The van der Waals surface area contributed by atoms with E-state index in [1.165, 1.54) is 4.90 Å². The second-order valence-electron chi connectivity index (χ2n) is 12.4. The van der Waals surface area contributed by atoms with Crippen LogP contribution >= 0.6 is 0 Å². The molecule has 0 radical (unpaired) electrons. The molecule has 8 heteroatoms. The van der Waals surface area contributed by atoms with Crippen LogP contribution in [0.1, 0.15) is 67.7 Å². The fourth-order valence-electron chi connectivity index (χ4n) is 6.93. The van der Waals surface area contributed by atoms with Crippen molar-refractivity contribution in [2.75, 3.05) is 13.2 Å². The Balaban J connectivity index is 2.14. The number of amides is 2. The molecular formula is C26H42N2O6. The number of likely N-dealkylation sites (tertiary alicyclic amines) is 1. The van der Waals surface area contributed by atoms with Crippen LogP contribution < -0.4 is 0 Å². The predicted molar refractivity (Wildman–Crippen MR) is 128 cm³/mol. The second kappa shape index (κ2) is 8.94. The first-order chi connectivity index (χ1) is 15.6. The zero-order valence-corrected chi connectivity index (χ0v) is 21.7. The van der Waals surface area contributed by atoms with Crippen LogP contribution in [0, 0.1) is 23.2 Å². The monoisotopic (exact) mass is 478 g/mol. The van der Waals surface area contributed by atoms with E-state index < -0.39 is 53.0 Å². The van der Waals surface area contributed by atoms with Crippen LogP contribution in [0.25, 0.3) is 0 Å². The molecule has 3 heterocycles. The average molecular weight is 479 g/mol. The number of carbonyl (C=O) groups excluding carboxylic acids is 2. The molecule has 2 bridgehead atoms. The van der Waals surface area contributed by atoms with Gasteiger partial charge in [-0.05, 0) is 44.4 Å². The lowest BCUT2D eigenvalue weighted by Crippen LogP contribution is -2.63. The molecule has 0 aromatic carbocycles. The lowest BCUT2D eigenvalue weighted by atomic mass is 9.70. The van der Waals surface area contributed by atoms with Crippen molar-refractivity contribution in [2.45, 2.75) is 97.1 Å². The Kier molecular flexibility index (Phi) is 7.01. The van der Waals surface area contributed by atoms with E-state index in [0.29, 0.717) is 25.8 Å². The van der Waals surface area contributed by atoms with Crippen LogP contribution in [0.5, 0.6) is 0 Å². The van der Waals surface area contributed by atoms with E-state index in [4.69, 9.17) is 4.74 Å². The Hall–Kier alpha value is -1.93. The summed E-state index contributed by atoms with van der Waals surface area (Å²) in [5.41, 5.74) is -1.80. The maximum atomic E-state index is 14.4. The average Bonchev–Trinajstić information content (AvgIpc) is 3.32. The number of carboxylic acids is 1. The summed E-state index contributed by atoms with van der Waals surface area (Å²) in [6, 6.07) is -1.60. The number of nitrogens with zero attached hydrogens (tertiary/aromatic N) is 2. The maximum absolute atomic E-state index is 14.4. The number of hydrogen-bond donors (Lipinski definition) is 2. The van der Waals surface area contributed by atoms with Crippen molar-refractivity contribution in [1.29, 1.82) is 0 Å². The number of hydrogen-bond acceptors (Lipinski definition) is 5. The molecule has 0 aromatic heterocycles. The highest BCUT2D eigenvalue weighted by Crippen LogP contribution is 2.59. The summed E-state index contributed by atoms with van der Waals surface area (Å²) in [6.45, 7) is 18.0. The van der Waals surface area contributed by atoms with Gasteiger partial charge in [-0.2, -0.15) is 0 Å². The molecule has 0 aromatic rings. The third kappa shape index (κ3) is 4.17. The smallest absolute Gasteiger partial charge is 0.310 e. The lowest BCUT2D eigenvalue weighted by Gasteiger charge is -2.46. The predicted octanol–water partition coefficient (Wildman–Crippen LogP) is 2.69. The van der Waals surface area contributed by atoms with E-state index >= 15 is 0 Å². The van der Waals surface area contributed by atoms with Gasteiger partial charge in [-0.3, -0.25) is 14.4 Å². The topological polar surface area (TPSA) is 107 Å². The molecular weight excluding hydrogens is 436 g/mol. The molecule has 1 spiro atoms. The zero-order chi connectivity index (χ0) is 25.8. The van der Waals surface area contributed by atoms with Gasteiger partial charge in [-0.1, -0.05) is 40.7 Å². The number of carboxylic acid groups (broad SMARTS) is 1. The molecule has 3 rings (SSSR count). The fraction of sp³-hybridized carbons (Fsp3) is 0.808. The van der Waals surface area contributed by atoms with Crippen LogP contribution in [-0.2, 0) is 19.1 Å². The summed E-state index contributed by atoms with van der Waals surface area (Å²) in [5.74, 6) is -3.77. The highest BCUT2D eigenvalue weighted by Gasteiger charge is 2.75. The second-order valence-corrected chi connectivity index (χ2v) is 12.4. The fourth-order valence-corrected chi connectivity index (χ4v) is 6.93. The van der Waals surface area contributed by atoms with E-state index in [1.54, 1.807) is 11.0 Å². The summed E-state index contributed by atoms with van der Waals surface area (Å²) in [5, 5.41) is 20.2. The minimum atomic E-state index is -1.19. The van der Waals surface area contributed by atoms with Crippen molar-refractivity contribution in [3.63, 3.8) is 0 Å². The van der Waals surface area contributed by atoms with E-state index in [1.807, 2.05) is 27.7 Å². The molecule has 192 valence electrons. The minimum Gasteiger partial charge on any atom is -0.481 e. The number of rotatable bonds is 9. The molecule has 8 nitrogen and oxygen atoms in total. The van der Waals surface area contributed by atoms with Crippen LogP contribution in [-0.4, -0.2) is 80.3 Å². The molecule has 0 aliphatic carbocycles. The number of fused-ring (bicyclic) bond motifs is 1. The Morgan fingerprint density at radius 3 is 2.38 bits per heavy atom. The summed E-state index contributed by atoms with van der Waals surface area (Å²) < 4.78 is 6.31. The summed E-state index contributed by atoms with van der Waals surface area (Å²) >= 11 is 0. The number of aliphatic carboxylic acids is 1. The summed E-state index contributed by atoms with van der Waals surface area (Å²) in [6.07, 6.45) is 2.76. The third-order valence-corrected chi connectivity index (χ3v) is 7.84. The van der Waals surface area contributed by atoms with Gasteiger partial charge in [0, 0.05) is 12.1 Å². The maximum Gasteiger partial charge on any atom is 0.310 e. The minimum absolute atomic E-state index is 0.0580. The first-order valence-corrected chi connectivity index (χ1v) is 12.4. The largest absolute Gasteiger partial charge is 0.481 e. The molecule has 3 fully saturated rings. The molecule has 0 saturated carbocycles. The quantitative estimate of drug-likeness (QED) is 0.494. The molecule has 34 heavy (non-hydrogen) atoms. The number of aliphatic hydroxyl groups excluding tert-OH is 1. The van der Waals surface area contributed by atoms with Gasteiger partial charge in [0.05, 0.1) is 30.6 Å². The van der Waals surface area contributed by atoms with Crippen LogP contribution in [0.4, 0.5) is 0 Å². The molecule has 2 N–H and O–H groups in total. The highest BCUT2D eigenvalue weighted by atomic mass is 16.5. The Labute approximate surface area is 203 Å². The molecule has 3 aliphatic heterocycles. The van der Waals surface area contributed by atoms with Crippen molar-refractivity contribution >= 4 is 17.8 Å². The van der Waals surface area contributed by atoms with Crippen molar-refractivity contribution in [3.05, 3.63) is 12.7 Å². The van der Waals surface area contributed by atoms with Crippen molar-refractivity contribution in [3.8, 4) is 0 Å². The van der Waals surface area contributed by atoms with Crippen molar-refractivity contribution in [1.82, 2.24) is 9.80 Å². The highest BCUT2D eigenvalue weighted by molar-refractivity contribution is 5.98. The number of aliphatic hydroxyl groups is 1. The van der Waals surface area contributed by atoms with E-state index in [0.717, 1.165) is 0 Å². The number of carbonyl (C=O) groups is 3. The van der Waals surface area contributed by atoms with Gasteiger partial charge in [0.2, 0.25) is 11.8 Å². The third-order valence-electron chi connectivity index (χ3n) is 7.84. The molecule has 3 saturated heterocycles. The molecule has 6 atom stereocenters. The summed E-state index contributed by atoms with van der Waals surface area (Å²) in [4.78, 5) is 43.7. The van der Waals surface area contributed by atoms with Crippen LogP contribution in [0.2, 0.25) is 0 Å². The van der Waals surface area contributed by atoms with Gasteiger partial charge in [0.25, 0.3) is 0 Å². The Morgan fingerprint density at radius 2 is 1.91 bits per heavy atom. The van der Waals surface area contributed by atoms with Gasteiger partial charge >= 0.3 is 5.97 Å². The van der Waals surface area contributed by atoms with Crippen molar-refractivity contribution in [2.24, 2.45) is 23.2 Å². The van der Waals surface area contributed by atoms with Gasteiger partial charge in [-0.15, -0.1) is 6.58 Å². The SMILES string of the molecule is C=CCN(C(=O)C1N([C@@H](CO)C(C)C)C(=O)[C@@H]2[C@H](C(=O)O)[C@@H]3CCC12O3)C(C)(C)CC(C)(C)C. The first kappa shape index (κ1) is 26.7. The molecule has 2 unspecified atom stereocenters.